The Morgan fingerprint density at radius 1 is 1.55 bits per heavy atom. The molecular formula is C15H19N3O2. The normalized spacial score (nSPS) is 16.3. The number of fused-ring (bicyclic) bond motifs is 1. The fourth-order valence-electron chi connectivity index (χ4n) is 2.20. The molecule has 1 atom stereocenters. The molecule has 3 rings (SSSR count). The molecule has 0 saturated heterocycles. The molecule has 1 aromatic carbocycles. The molecule has 1 amide bonds. The maximum absolute atomic E-state index is 11.9. The van der Waals surface area contributed by atoms with Gasteiger partial charge in [-0.2, -0.15) is 0 Å². The molecule has 5 nitrogen and oxygen atoms in total. The van der Waals surface area contributed by atoms with Crippen molar-refractivity contribution < 1.29 is 9.21 Å². The number of nitrogens with two attached hydrogens (primary N) is 1. The Hall–Kier alpha value is -1.88. The van der Waals surface area contributed by atoms with E-state index in [0.29, 0.717) is 23.6 Å². The minimum absolute atomic E-state index is 0.159. The van der Waals surface area contributed by atoms with Gasteiger partial charge in [-0.1, -0.05) is 13.3 Å². The van der Waals surface area contributed by atoms with E-state index >= 15 is 0 Å². The Kier molecular flexibility index (Phi) is 3.44. The van der Waals surface area contributed by atoms with E-state index < -0.39 is 6.04 Å². The Morgan fingerprint density at radius 3 is 3.05 bits per heavy atom. The van der Waals surface area contributed by atoms with Gasteiger partial charge in [-0.3, -0.25) is 4.79 Å². The molecule has 5 heteroatoms. The number of hydrogen-bond acceptors (Lipinski definition) is 4. The molecule has 20 heavy (non-hydrogen) atoms. The molecule has 106 valence electrons. The predicted molar refractivity (Wildman–Crippen MR) is 77.5 cm³/mol. The molecule has 1 saturated carbocycles. The average Bonchev–Trinajstić information content (AvgIpc) is 3.19. The van der Waals surface area contributed by atoms with Crippen LogP contribution in [0.1, 0.15) is 44.4 Å². The number of oxazole rings is 1. The SMILES string of the molecule is CCCC(N)C(=O)Nc1ccc2nc(C3CC3)oc2c1. The summed E-state index contributed by atoms with van der Waals surface area (Å²) in [6.07, 6.45) is 3.88. The van der Waals surface area contributed by atoms with Gasteiger partial charge in [0.25, 0.3) is 0 Å². The first kappa shape index (κ1) is 13.1. The van der Waals surface area contributed by atoms with Gasteiger partial charge in [-0.15, -0.1) is 0 Å². The highest BCUT2D eigenvalue weighted by molar-refractivity contribution is 5.96. The highest BCUT2D eigenvalue weighted by atomic mass is 16.3. The van der Waals surface area contributed by atoms with E-state index in [1.807, 2.05) is 25.1 Å². The smallest absolute Gasteiger partial charge is 0.241 e. The van der Waals surface area contributed by atoms with E-state index in [1.165, 1.54) is 0 Å². The van der Waals surface area contributed by atoms with Crippen molar-refractivity contribution >= 4 is 22.7 Å². The van der Waals surface area contributed by atoms with Crippen molar-refractivity contribution in [1.82, 2.24) is 4.98 Å². The summed E-state index contributed by atoms with van der Waals surface area (Å²) in [7, 11) is 0. The van der Waals surface area contributed by atoms with Crippen LogP contribution in [0.5, 0.6) is 0 Å². The molecule has 0 bridgehead atoms. The summed E-state index contributed by atoms with van der Waals surface area (Å²) in [5, 5.41) is 2.82. The zero-order valence-electron chi connectivity index (χ0n) is 11.6. The van der Waals surface area contributed by atoms with Crippen LogP contribution in [0, 0.1) is 0 Å². The van der Waals surface area contributed by atoms with Gasteiger partial charge < -0.3 is 15.5 Å². The van der Waals surface area contributed by atoms with Gasteiger partial charge in [-0.05, 0) is 31.4 Å². The number of hydrogen-bond donors (Lipinski definition) is 2. The highest BCUT2D eigenvalue weighted by Crippen LogP contribution is 2.40. The molecule has 2 aromatic rings. The Labute approximate surface area is 117 Å². The van der Waals surface area contributed by atoms with Gasteiger partial charge in [0.05, 0.1) is 6.04 Å². The van der Waals surface area contributed by atoms with Crippen LogP contribution in [0.15, 0.2) is 22.6 Å². The van der Waals surface area contributed by atoms with E-state index in [2.05, 4.69) is 10.3 Å². The Bertz CT molecular complexity index is 631. The van der Waals surface area contributed by atoms with Crippen LogP contribution in [-0.2, 0) is 4.79 Å². The Balaban J connectivity index is 1.76. The second-order valence-electron chi connectivity index (χ2n) is 5.39. The summed E-state index contributed by atoms with van der Waals surface area (Å²) in [6.45, 7) is 2.01. The lowest BCUT2D eigenvalue weighted by molar-refractivity contribution is -0.117. The molecule has 1 unspecified atom stereocenters. The number of aromatic nitrogens is 1. The summed E-state index contributed by atoms with van der Waals surface area (Å²) in [4.78, 5) is 16.3. The first-order valence-electron chi connectivity index (χ1n) is 7.14. The van der Waals surface area contributed by atoms with Gasteiger partial charge in [0, 0.05) is 17.7 Å². The second-order valence-corrected chi connectivity index (χ2v) is 5.39. The number of nitrogens with zero attached hydrogens (tertiary/aromatic N) is 1. The molecule has 0 spiro atoms. The molecule has 1 aliphatic rings. The van der Waals surface area contributed by atoms with Crippen molar-refractivity contribution in [2.45, 2.75) is 44.6 Å². The van der Waals surface area contributed by atoms with Crippen molar-refractivity contribution in [3.8, 4) is 0 Å². The molecule has 1 aromatic heterocycles. The third-order valence-corrected chi connectivity index (χ3v) is 3.54. The van der Waals surface area contributed by atoms with Gasteiger partial charge in [0.2, 0.25) is 5.91 Å². The van der Waals surface area contributed by atoms with Crippen molar-refractivity contribution in [2.24, 2.45) is 5.73 Å². The topological polar surface area (TPSA) is 81.2 Å². The van der Waals surface area contributed by atoms with Crippen LogP contribution in [0.25, 0.3) is 11.1 Å². The summed E-state index contributed by atoms with van der Waals surface area (Å²) in [6, 6.07) is 5.04. The fourth-order valence-corrected chi connectivity index (χ4v) is 2.20. The minimum atomic E-state index is -0.465. The number of anilines is 1. The monoisotopic (exact) mass is 273 g/mol. The van der Waals surface area contributed by atoms with Crippen LogP contribution in [0.2, 0.25) is 0 Å². The van der Waals surface area contributed by atoms with Gasteiger partial charge in [0.1, 0.15) is 5.52 Å². The molecule has 1 aliphatic carbocycles. The lowest BCUT2D eigenvalue weighted by Gasteiger charge is -2.10. The summed E-state index contributed by atoms with van der Waals surface area (Å²) in [5.41, 5.74) is 8.05. The lowest BCUT2D eigenvalue weighted by Crippen LogP contribution is -2.35. The summed E-state index contributed by atoms with van der Waals surface area (Å²) in [5.74, 6) is 1.14. The van der Waals surface area contributed by atoms with Crippen molar-refractivity contribution in [3.05, 3.63) is 24.1 Å². The van der Waals surface area contributed by atoms with E-state index in [0.717, 1.165) is 30.7 Å². The van der Waals surface area contributed by atoms with Crippen molar-refractivity contribution in [2.75, 3.05) is 5.32 Å². The standard InChI is InChI=1S/C15H19N3O2/c1-2-3-11(16)14(19)17-10-6-7-12-13(8-10)20-15(18-12)9-4-5-9/h6-9,11H,2-5,16H2,1H3,(H,17,19). The first-order chi connectivity index (χ1) is 9.67. The van der Waals surface area contributed by atoms with Crippen LogP contribution >= 0.6 is 0 Å². The van der Waals surface area contributed by atoms with Crippen LogP contribution in [-0.4, -0.2) is 16.9 Å². The molecule has 1 heterocycles. The van der Waals surface area contributed by atoms with Crippen molar-refractivity contribution in [3.63, 3.8) is 0 Å². The van der Waals surface area contributed by atoms with Crippen LogP contribution in [0.4, 0.5) is 5.69 Å². The maximum Gasteiger partial charge on any atom is 0.241 e. The second kappa shape index (κ2) is 5.25. The summed E-state index contributed by atoms with van der Waals surface area (Å²) < 4.78 is 5.73. The van der Waals surface area contributed by atoms with E-state index in [9.17, 15) is 4.79 Å². The number of nitrogens with one attached hydrogen (secondary N) is 1. The number of carbonyl (C=O) groups is 1. The molecular weight excluding hydrogens is 254 g/mol. The number of carbonyl (C=O) groups excluding carboxylic acids is 1. The Morgan fingerprint density at radius 2 is 2.35 bits per heavy atom. The number of benzene rings is 1. The fraction of sp³-hybridized carbons (Fsp3) is 0.467. The minimum Gasteiger partial charge on any atom is -0.440 e. The molecule has 1 fully saturated rings. The zero-order chi connectivity index (χ0) is 14.1. The zero-order valence-corrected chi connectivity index (χ0v) is 11.6. The largest absolute Gasteiger partial charge is 0.440 e. The van der Waals surface area contributed by atoms with E-state index in [4.69, 9.17) is 10.2 Å². The lowest BCUT2D eigenvalue weighted by atomic mass is 10.1. The average molecular weight is 273 g/mol. The third kappa shape index (κ3) is 2.67. The van der Waals surface area contributed by atoms with Gasteiger partial charge in [-0.25, -0.2) is 4.98 Å². The highest BCUT2D eigenvalue weighted by Gasteiger charge is 2.28. The van der Waals surface area contributed by atoms with Gasteiger partial charge in [0.15, 0.2) is 11.5 Å². The summed E-state index contributed by atoms with van der Waals surface area (Å²) >= 11 is 0. The van der Waals surface area contributed by atoms with Crippen LogP contribution < -0.4 is 11.1 Å². The maximum atomic E-state index is 11.9. The number of amides is 1. The number of rotatable bonds is 5. The first-order valence-corrected chi connectivity index (χ1v) is 7.14. The predicted octanol–water partition coefficient (Wildman–Crippen LogP) is 2.77. The van der Waals surface area contributed by atoms with E-state index in [1.54, 1.807) is 0 Å². The molecule has 0 aliphatic heterocycles. The van der Waals surface area contributed by atoms with E-state index in [-0.39, 0.29) is 5.91 Å². The quantitative estimate of drug-likeness (QED) is 0.877. The van der Waals surface area contributed by atoms with Gasteiger partial charge >= 0.3 is 0 Å². The van der Waals surface area contributed by atoms with Crippen LogP contribution in [0.3, 0.4) is 0 Å². The third-order valence-electron chi connectivity index (χ3n) is 3.54. The molecule has 0 radical (unpaired) electrons. The van der Waals surface area contributed by atoms with Crippen molar-refractivity contribution in [1.29, 1.82) is 0 Å². The molecule has 3 N–H and O–H groups in total.